The van der Waals surface area contributed by atoms with Gasteiger partial charge in [-0.3, -0.25) is 9.59 Å². The number of carbonyl (C=O) groups excluding carboxylic acids is 4. The lowest BCUT2D eigenvalue weighted by Gasteiger charge is -2.19. The van der Waals surface area contributed by atoms with Crippen LogP contribution in [0, 0.1) is 46.3 Å². The van der Waals surface area contributed by atoms with Gasteiger partial charge in [0.25, 0.3) is 11.1 Å². The van der Waals surface area contributed by atoms with Crippen LogP contribution in [0.3, 0.4) is 0 Å². The van der Waals surface area contributed by atoms with Gasteiger partial charge in [-0.05, 0) is 102 Å². The SMILES string of the molecule is CC(C)(C)OC(=O)NCCSSCCN.CC(C)(C)OC(=O)NCCSSCCNC(=O)c1ccc(C#CC#N)cc1.N#CC#Cc1ccc(C(=O)Cl)cc1. The molecule has 0 spiro atoms. The molecule has 0 bridgehead atoms. The van der Waals surface area contributed by atoms with E-state index in [-0.39, 0.29) is 12.0 Å². The normalized spacial score (nSPS) is 9.93. The molecule has 0 aliphatic heterocycles. The van der Waals surface area contributed by atoms with Gasteiger partial charge in [0.2, 0.25) is 0 Å². The van der Waals surface area contributed by atoms with Crippen LogP contribution in [0.4, 0.5) is 9.59 Å². The van der Waals surface area contributed by atoms with E-state index in [1.54, 1.807) is 104 Å². The fourth-order valence-corrected chi connectivity index (χ4v) is 6.90. The van der Waals surface area contributed by atoms with Gasteiger partial charge in [-0.2, -0.15) is 10.5 Å². The van der Waals surface area contributed by atoms with E-state index in [0.717, 1.165) is 23.0 Å². The molecule has 0 atom stereocenters. The molecule has 55 heavy (non-hydrogen) atoms. The van der Waals surface area contributed by atoms with Crippen molar-refractivity contribution in [2.75, 3.05) is 49.2 Å². The van der Waals surface area contributed by atoms with Gasteiger partial charge >= 0.3 is 12.2 Å². The Bertz CT molecular complexity index is 1700. The van der Waals surface area contributed by atoms with Gasteiger partial charge in [0.15, 0.2) is 12.1 Å². The quantitative estimate of drug-likeness (QED) is 0.0620. The molecule has 3 amide bonds. The summed E-state index contributed by atoms with van der Waals surface area (Å²) in [7, 11) is 6.67. The third-order valence-electron chi connectivity index (χ3n) is 5.33. The Morgan fingerprint density at radius 3 is 1.35 bits per heavy atom. The van der Waals surface area contributed by atoms with Gasteiger partial charge < -0.3 is 31.2 Å². The highest BCUT2D eigenvalue weighted by atomic mass is 35.5. The van der Waals surface area contributed by atoms with Crippen molar-refractivity contribution < 1.29 is 28.7 Å². The molecule has 0 fully saturated rings. The third kappa shape index (κ3) is 30.8. The van der Waals surface area contributed by atoms with Gasteiger partial charge in [0.05, 0.1) is 0 Å². The van der Waals surface area contributed by atoms with Crippen molar-refractivity contribution in [2.24, 2.45) is 5.73 Å². The molecule has 0 aromatic heterocycles. The number of rotatable bonds is 15. The molecule has 2 rings (SSSR count). The number of nitrogens with one attached hydrogen (secondary N) is 3. The van der Waals surface area contributed by atoms with Gasteiger partial charge in [0.1, 0.15) is 11.2 Å². The first kappa shape index (κ1) is 50.9. The number of carbonyl (C=O) groups is 4. The number of benzene rings is 2. The highest BCUT2D eigenvalue weighted by Gasteiger charge is 2.16. The highest BCUT2D eigenvalue weighted by Crippen LogP contribution is 2.20. The minimum Gasteiger partial charge on any atom is -0.444 e. The Morgan fingerprint density at radius 1 is 0.636 bits per heavy atom. The molecule has 296 valence electrons. The van der Waals surface area contributed by atoms with Crippen LogP contribution >= 0.6 is 54.8 Å². The zero-order valence-electron chi connectivity index (χ0n) is 31.7. The van der Waals surface area contributed by atoms with Gasteiger partial charge in [-0.15, -0.1) is 0 Å². The number of halogens is 1. The second-order valence-electron chi connectivity index (χ2n) is 12.3. The van der Waals surface area contributed by atoms with Gasteiger partial charge in [-0.1, -0.05) is 55.0 Å². The van der Waals surface area contributed by atoms with E-state index in [9.17, 15) is 19.2 Å². The van der Waals surface area contributed by atoms with E-state index in [2.05, 4.69) is 39.6 Å². The molecule has 5 N–H and O–H groups in total. The van der Waals surface area contributed by atoms with E-state index < -0.39 is 22.5 Å². The molecule has 2 aromatic carbocycles. The summed E-state index contributed by atoms with van der Waals surface area (Å²) in [4.78, 5) is 45.3. The van der Waals surface area contributed by atoms with Crippen LogP contribution in [0.15, 0.2) is 48.5 Å². The first-order chi connectivity index (χ1) is 26.0. The topological polar surface area (TPSA) is 196 Å². The molecule has 12 nitrogen and oxygen atoms in total. The van der Waals surface area contributed by atoms with Crippen LogP contribution in [0.5, 0.6) is 0 Å². The van der Waals surface area contributed by atoms with Gasteiger partial charge in [-0.25, -0.2) is 9.59 Å². The molecule has 0 saturated heterocycles. The fourth-order valence-electron chi connectivity index (χ4n) is 3.20. The fraction of sp³-hybridized carbons (Fsp3) is 0.421. The smallest absolute Gasteiger partial charge is 0.407 e. The Hall–Kier alpha value is -4.13. The molecule has 0 aliphatic carbocycles. The lowest BCUT2D eigenvalue weighted by atomic mass is 10.1. The molecule has 0 saturated carbocycles. The minimum atomic E-state index is -0.500. The zero-order chi connectivity index (χ0) is 41.5. The summed E-state index contributed by atoms with van der Waals surface area (Å²) in [5.41, 5.74) is 6.77. The predicted octanol–water partition coefficient (Wildman–Crippen LogP) is 6.99. The summed E-state index contributed by atoms with van der Waals surface area (Å²) in [5.74, 6) is 13.0. The summed E-state index contributed by atoms with van der Waals surface area (Å²) in [6.45, 7) is 13.4. The van der Waals surface area contributed by atoms with Crippen LogP contribution in [-0.4, -0.2) is 83.7 Å². The van der Waals surface area contributed by atoms with Crippen molar-refractivity contribution in [3.8, 4) is 35.8 Å². The minimum absolute atomic E-state index is 0.146. The number of amides is 3. The number of nitrogens with zero attached hydrogens (tertiary/aromatic N) is 2. The average Bonchev–Trinajstić information content (AvgIpc) is 3.11. The van der Waals surface area contributed by atoms with Crippen LogP contribution in [0.1, 0.15) is 73.4 Å². The summed E-state index contributed by atoms with van der Waals surface area (Å²) in [6.07, 6.45) is -0.767. The van der Waals surface area contributed by atoms with Crippen molar-refractivity contribution >= 4 is 78.1 Å². The standard InChI is InChI=1S/C19H23N3O3S2.C10H4ClNO.C9H20N2O2S2/c1-19(2,3)25-18(24)22-12-14-27-26-13-11-21-17(23)16-8-6-15(7-9-16)5-4-10-20;11-10(13)9-5-3-8(4-6-9)2-1-7-12;1-9(2,3)13-8(12)11-5-7-15-14-6-4-10/h6-9H,11-14H2,1-3H3,(H,21,23)(H,22,24);3-6H;4-7,10H2,1-3H3,(H,11,12). The van der Waals surface area contributed by atoms with E-state index in [0.29, 0.717) is 48.4 Å². The third-order valence-corrected chi connectivity index (χ3v) is 10.4. The second kappa shape index (κ2) is 30.1. The van der Waals surface area contributed by atoms with E-state index >= 15 is 0 Å². The van der Waals surface area contributed by atoms with E-state index in [1.165, 1.54) is 0 Å². The number of nitriles is 2. The number of hydrogen-bond donors (Lipinski definition) is 4. The van der Waals surface area contributed by atoms with Crippen molar-refractivity contribution in [2.45, 2.75) is 52.7 Å². The van der Waals surface area contributed by atoms with Crippen molar-refractivity contribution in [1.82, 2.24) is 16.0 Å². The van der Waals surface area contributed by atoms with Crippen LogP contribution in [0.25, 0.3) is 0 Å². The summed E-state index contributed by atoms with van der Waals surface area (Å²) in [5, 5.41) is 24.3. The van der Waals surface area contributed by atoms with Crippen molar-refractivity contribution in [3.63, 3.8) is 0 Å². The average molecular weight is 848 g/mol. The Morgan fingerprint density at radius 2 is 1.00 bits per heavy atom. The first-order valence-corrected chi connectivity index (χ1v) is 22.0. The molecule has 17 heteroatoms. The molecule has 0 aliphatic rings. The van der Waals surface area contributed by atoms with Crippen LogP contribution in [-0.2, 0) is 9.47 Å². The molecule has 2 aromatic rings. The zero-order valence-corrected chi connectivity index (χ0v) is 35.7. The van der Waals surface area contributed by atoms with Gasteiger partial charge in [0, 0.05) is 83.3 Å². The maximum Gasteiger partial charge on any atom is 0.407 e. The first-order valence-electron chi connectivity index (χ1n) is 16.6. The maximum absolute atomic E-state index is 12.0. The Labute approximate surface area is 345 Å². The van der Waals surface area contributed by atoms with Crippen molar-refractivity contribution in [3.05, 3.63) is 70.8 Å². The predicted molar refractivity (Wildman–Crippen MR) is 228 cm³/mol. The molecular weight excluding hydrogens is 800 g/mol. The number of hydrogen-bond acceptors (Lipinski definition) is 13. The second-order valence-corrected chi connectivity index (χ2v) is 18.1. The Balaban J connectivity index is 0.000000877. The lowest BCUT2D eigenvalue weighted by Crippen LogP contribution is -2.33. The summed E-state index contributed by atoms with van der Waals surface area (Å²) in [6, 6.07) is 16.6. The monoisotopic (exact) mass is 846 g/mol. The number of ether oxygens (including phenoxy) is 2. The summed E-state index contributed by atoms with van der Waals surface area (Å²) >= 11 is 5.23. The molecule has 0 unspecified atom stereocenters. The number of alkyl carbamates (subject to hydrolysis) is 2. The molecule has 0 radical (unpaired) electrons. The van der Waals surface area contributed by atoms with Crippen molar-refractivity contribution in [1.29, 1.82) is 10.5 Å². The lowest BCUT2D eigenvalue weighted by molar-refractivity contribution is 0.0520. The largest absolute Gasteiger partial charge is 0.444 e. The molecular formula is C38H47ClN6O6S4. The van der Waals surface area contributed by atoms with E-state index in [4.69, 9.17) is 37.3 Å². The van der Waals surface area contributed by atoms with E-state index in [1.807, 2.05) is 41.5 Å². The maximum atomic E-state index is 12.0. The molecule has 0 heterocycles. The highest BCUT2D eigenvalue weighted by molar-refractivity contribution is 8.77. The van der Waals surface area contributed by atoms with Crippen LogP contribution < -0.4 is 21.7 Å². The number of nitrogens with two attached hydrogens (primary N) is 1. The van der Waals surface area contributed by atoms with Crippen LogP contribution in [0.2, 0.25) is 0 Å². The summed E-state index contributed by atoms with van der Waals surface area (Å²) < 4.78 is 10.2. The Kier molecular flexibility index (Phi) is 27.9.